The first-order valence-electron chi connectivity index (χ1n) is 7.69. The van der Waals surface area contributed by atoms with Crippen LogP contribution in [0.3, 0.4) is 0 Å². The molecule has 0 aliphatic carbocycles. The van der Waals surface area contributed by atoms with Crippen molar-refractivity contribution in [2.75, 3.05) is 4.90 Å². The van der Waals surface area contributed by atoms with Crippen molar-refractivity contribution in [2.45, 2.75) is 6.54 Å². The van der Waals surface area contributed by atoms with Gasteiger partial charge in [0.15, 0.2) is 0 Å². The van der Waals surface area contributed by atoms with Crippen molar-refractivity contribution >= 4 is 35.1 Å². The van der Waals surface area contributed by atoms with Crippen LogP contribution < -0.4 is 4.90 Å². The Morgan fingerprint density at radius 1 is 0.696 bits per heavy atom. The molecule has 1 nitrogen and oxygen atoms in total. The van der Waals surface area contributed by atoms with Gasteiger partial charge in [-0.15, -0.1) is 0 Å². The standard InChI is InChI=1S/C21H16ClN/c22-19-12-13-21-18(14-19)11-10-17-8-4-5-9-20(17)23(21)15-16-6-2-1-3-7-16/h1-14H,15H2. The molecule has 0 fully saturated rings. The normalized spacial score (nSPS) is 12.5. The Kier molecular flexibility index (Phi) is 3.64. The van der Waals surface area contributed by atoms with Gasteiger partial charge in [0.05, 0.1) is 0 Å². The number of halogens is 1. The van der Waals surface area contributed by atoms with Crippen LogP contribution in [0.2, 0.25) is 5.02 Å². The molecule has 1 heterocycles. The summed E-state index contributed by atoms with van der Waals surface area (Å²) in [6.07, 6.45) is 4.31. The summed E-state index contributed by atoms with van der Waals surface area (Å²) in [5.41, 5.74) is 6.04. The third kappa shape index (κ3) is 2.76. The quantitative estimate of drug-likeness (QED) is 0.547. The monoisotopic (exact) mass is 317 g/mol. The van der Waals surface area contributed by atoms with E-state index in [0.29, 0.717) is 0 Å². The van der Waals surface area contributed by atoms with Gasteiger partial charge in [-0.2, -0.15) is 0 Å². The zero-order chi connectivity index (χ0) is 15.6. The fourth-order valence-electron chi connectivity index (χ4n) is 3.02. The molecule has 0 amide bonds. The van der Waals surface area contributed by atoms with Crippen LogP contribution in [0.15, 0.2) is 72.8 Å². The van der Waals surface area contributed by atoms with Crippen LogP contribution in [0.25, 0.3) is 12.2 Å². The molecule has 23 heavy (non-hydrogen) atoms. The smallest absolute Gasteiger partial charge is 0.0488 e. The molecule has 1 aliphatic heterocycles. The molecule has 3 aromatic carbocycles. The Morgan fingerprint density at radius 3 is 2.26 bits per heavy atom. The molecule has 0 saturated carbocycles. The van der Waals surface area contributed by atoms with E-state index in [4.69, 9.17) is 11.6 Å². The number of rotatable bonds is 2. The molecule has 1 aliphatic rings. The first kappa shape index (κ1) is 14.1. The van der Waals surface area contributed by atoms with Gasteiger partial charge < -0.3 is 4.90 Å². The van der Waals surface area contributed by atoms with Gasteiger partial charge in [0.25, 0.3) is 0 Å². The van der Waals surface area contributed by atoms with Gasteiger partial charge in [-0.1, -0.05) is 72.3 Å². The highest BCUT2D eigenvalue weighted by Crippen LogP contribution is 2.38. The minimum atomic E-state index is 0.763. The maximum atomic E-state index is 6.20. The van der Waals surface area contributed by atoms with Crippen LogP contribution in [-0.4, -0.2) is 0 Å². The summed E-state index contributed by atoms with van der Waals surface area (Å²) >= 11 is 6.20. The molecule has 2 heteroatoms. The van der Waals surface area contributed by atoms with Crippen LogP contribution >= 0.6 is 11.6 Å². The highest BCUT2D eigenvalue weighted by atomic mass is 35.5. The number of fused-ring (bicyclic) bond motifs is 2. The molecule has 0 unspecified atom stereocenters. The third-order valence-electron chi connectivity index (χ3n) is 4.13. The molecule has 0 aromatic heterocycles. The van der Waals surface area contributed by atoms with Crippen molar-refractivity contribution in [3.8, 4) is 0 Å². The SMILES string of the molecule is Clc1ccc2c(c1)C=Cc1ccccc1N2Cc1ccccc1. The van der Waals surface area contributed by atoms with E-state index >= 15 is 0 Å². The van der Waals surface area contributed by atoms with Crippen molar-refractivity contribution in [2.24, 2.45) is 0 Å². The fourth-order valence-corrected chi connectivity index (χ4v) is 3.21. The average molecular weight is 318 g/mol. The van der Waals surface area contributed by atoms with Gasteiger partial charge in [0.1, 0.15) is 0 Å². The largest absolute Gasteiger partial charge is 0.336 e. The van der Waals surface area contributed by atoms with E-state index in [1.54, 1.807) is 0 Å². The van der Waals surface area contributed by atoms with E-state index in [0.717, 1.165) is 17.1 Å². The molecule has 0 radical (unpaired) electrons. The second-order valence-corrected chi connectivity index (χ2v) is 6.10. The van der Waals surface area contributed by atoms with E-state index in [2.05, 4.69) is 77.7 Å². The lowest BCUT2D eigenvalue weighted by molar-refractivity contribution is 0.974. The Morgan fingerprint density at radius 2 is 1.39 bits per heavy atom. The van der Waals surface area contributed by atoms with Gasteiger partial charge >= 0.3 is 0 Å². The molecule has 0 bridgehead atoms. The number of nitrogens with zero attached hydrogens (tertiary/aromatic N) is 1. The Labute approximate surface area is 141 Å². The number of hydrogen-bond donors (Lipinski definition) is 0. The molecule has 0 saturated heterocycles. The zero-order valence-corrected chi connectivity index (χ0v) is 13.4. The van der Waals surface area contributed by atoms with Gasteiger partial charge in [0, 0.05) is 22.9 Å². The number of hydrogen-bond acceptors (Lipinski definition) is 1. The zero-order valence-electron chi connectivity index (χ0n) is 12.6. The van der Waals surface area contributed by atoms with E-state index in [1.165, 1.54) is 22.5 Å². The Bertz CT molecular complexity index is 868. The van der Waals surface area contributed by atoms with Crippen molar-refractivity contribution in [3.63, 3.8) is 0 Å². The minimum Gasteiger partial charge on any atom is -0.336 e. The molecule has 0 spiro atoms. The molecular weight excluding hydrogens is 302 g/mol. The first-order valence-corrected chi connectivity index (χ1v) is 8.07. The molecule has 0 atom stereocenters. The maximum absolute atomic E-state index is 6.20. The summed E-state index contributed by atoms with van der Waals surface area (Å²) in [5, 5.41) is 0.763. The van der Waals surface area contributed by atoms with Crippen molar-refractivity contribution in [1.29, 1.82) is 0 Å². The van der Waals surface area contributed by atoms with E-state index in [-0.39, 0.29) is 0 Å². The summed E-state index contributed by atoms with van der Waals surface area (Å²) in [4.78, 5) is 2.36. The minimum absolute atomic E-state index is 0.763. The molecule has 0 N–H and O–H groups in total. The molecule has 4 rings (SSSR count). The third-order valence-corrected chi connectivity index (χ3v) is 4.37. The van der Waals surface area contributed by atoms with E-state index in [1.807, 2.05) is 12.1 Å². The first-order chi connectivity index (χ1) is 11.3. The van der Waals surface area contributed by atoms with Crippen LogP contribution in [0.1, 0.15) is 16.7 Å². The molecule has 112 valence electrons. The van der Waals surface area contributed by atoms with Gasteiger partial charge in [-0.05, 0) is 41.0 Å². The predicted molar refractivity (Wildman–Crippen MR) is 99.1 cm³/mol. The van der Waals surface area contributed by atoms with Crippen LogP contribution in [0.4, 0.5) is 11.4 Å². The average Bonchev–Trinajstić information content (AvgIpc) is 2.73. The predicted octanol–water partition coefficient (Wildman–Crippen LogP) is 6.16. The summed E-state index contributed by atoms with van der Waals surface area (Å²) in [6, 6.07) is 25.1. The lowest BCUT2D eigenvalue weighted by Gasteiger charge is -2.27. The van der Waals surface area contributed by atoms with Crippen LogP contribution in [0, 0.1) is 0 Å². The summed E-state index contributed by atoms with van der Waals surface area (Å²) in [5.74, 6) is 0. The Hall–Kier alpha value is -2.51. The van der Waals surface area contributed by atoms with Gasteiger partial charge in [0.2, 0.25) is 0 Å². The number of anilines is 2. The fraction of sp³-hybridized carbons (Fsp3) is 0.0476. The topological polar surface area (TPSA) is 3.24 Å². The van der Waals surface area contributed by atoms with Gasteiger partial charge in [-0.3, -0.25) is 0 Å². The highest BCUT2D eigenvalue weighted by molar-refractivity contribution is 6.30. The number of para-hydroxylation sites is 1. The van der Waals surface area contributed by atoms with Crippen LogP contribution in [0.5, 0.6) is 0 Å². The second-order valence-electron chi connectivity index (χ2n) is 5.67. The lowest BCUT2D eigenvalue weighted by atomic mass is 10.1. The molecule has 3 aromatic rings. The van der Waals surface area contributed by atoms with E-state index in [9.17, 15) is 0 Å². The van der Waals surface area contributed by atoms with Crippen molar-refractivity contribution < 1.29 is 0 Å². The summed E-state index contributed by atoms with van der Waals surface area (Å²) in [6.45, 7) is 0.828. The lowest BCUT2D eigenvalue weighted by Crippen LogP contribution is -2.17. The maximum Gasteiger partial charge on any atom is 0.0488 e. The highest BCUT2D eigenvalue weighted by Gasteiger charge is 2.18. The Balaban J connectivity index is 1.87. The van der Waals surface area contributed by atoms with Crippen molar-refractivity contribution in [1.82, 2.24) is 0 Å². The van der Waals surface area contributed by atoms with Crippen molar-refractivity contribution in [3.05, 3.63) is 94.5 Å². The number of benzene rings is 3. The van der Waals surface area contributed by atoms with E-state index < -0.39 is 0 Å². The summed E-state index contributed by atoms with van der Waals surface area (Å²) < 4.78 is 0. The molecular formula is C21H16ClN. The van der Waals surface area contributed by atoms with Gasteiger partial charge in [-0.25, -0.2) is 0 Å². The van der Waals surface area contributed by atoms with Crippen LogP contribution in [-0.2, 0) is 6.54 Å². The summed E-state index contributed by atoms with van der Waals surface area (Å²) in [7, 11) is 0. The second kappa shape index (κ2) is 5.94.